The Labute approximate surface area is 250 Å². The number of ether oxygens (including phenoxy) is 4. The van der Waals surface area contributed by atoms with Gasteiger partial charge in [0, 0.05) is 29.8 Å². The van der Waals surface area contributed by atoms with Crippen molar-refractivity contribution in [2.75, 3.05) is 27.4 Å². The van der Waals surface area contributed by atoms with Gasteiger partial charge in [0.2, 0.25) is 0 Å². The molecule has 0 saturated carbocycles. The Kier molecular flexibility index (Phi) is 9.15. The maximum atomic E-state index is 13.2. The number of carbonyl (C=O) groups is 2. The van der Waals surface area contributed by atoms with Crippen LogP contribution in [0.25, 0.3) is 0 Å². The number of esters is 2. The van der Waals surface area contributed by atoms with Crippen molar-refractivity contribution >= 4 is 17.6 Å². The standard InChI is InChI=1S/C32H38N2O9/c1-17-18(2)29-23(19(3)28(17)35)11-12-32(5,43-29)13-14-42-16-24-27(31(37)41-7)26(25(20(4)33-24)30(36)40-6)21-9-8-10-22(15-21)34(38)39/h8-10,15,26,33,35H,11-14,16H2,1-7H3. The molecule has 4 rings (SSSR count). The number of nitro groups is 1. The van der Waals surface area contributed by atoms with E-state index < -0.39 is 28.4 Å². The lowest BCUT2D eigenvalue weighted by atomic mass is 9.80. The molecule has 11 nitrogen and oxygen atoms in total. The number of carbonyl (C=O) groups excluding carboxylic acids is 2. The average molecular weight is 595 g/mol. The Bertz CT molecular complexity index is 1540. The molecule has 0 bridgehead atoms. The summed E-state index contributed by atoms with van der Waals surface area (Å²) in [5.74, 6) is -1.26. The van der Waals surface area contributed by atoms with Crippen LogP contribution in [0, 0.1) is 30.9 Å². The van der Waals surface area contributed by atoms with Crippen LogP contribution in [0.5, 0.6) is 11.5 Å². The summed E-state index contributed by atoms with van der Waals surface area (Å²) >= 11 is 0. The number of aromatic hydroxyl groups is 1. The highest BCUT2D eigenvalue weighted by Gasteiger charge is 2.39. The van der Waals surface area contributed by atoms with E-state index in [0.29, 0.717) is 35.7 Å². The lowest BCUT2D eigenvalue weighted by molar-refractivity contribution is -0.384. The Hall–Kier alpha value is -4.38. The molecular formula is C32H38N2O9. The smallest absolute Gasteiger partial charge is 0.336 e. The number of phenols is 1. The van der Waals surface area contributed by atoms with Gasteiger partial charge < -0.3 is 29.4 Å². The Balaban J connectivity index is 1.60. The monoisotopic (exact) mass is 594 g/mol. The van der Waals surface area contributed by atoms with Crippen molar-refractivity contribution in [2.45, 2.75) is 65.4 Å². The molecule has 2 aliphatic heterocycles. The van der Waals surface area contributed by atoms with Crippen LogP contribution in [0.15, 0.2) is 46.8 Å². The van der Waals surface area contributed by atoms with Crippen molar-refractivity contribution < 1.29 is 38.6 Å². The number of non-ortho nitro benzene ring substituents is 1. The minimum absolute atomic E-state index is 0.0144. The number of benzene rings is 2. The van der Waals surface area contributed by atoms with Gasteiger partial charge in [-0.15, -0.1) is 0 Å². The normalized spacial score (nSPS) is 19.7. The van der Waals surface area contributed by atoms with Crippen LogP contribution in [0.3, 0.4) is 0 Å². The molecule has 2 atom stereocenters. The minimum Gasteiger partial charge on any atom is -0.507 e. The van der Waals surface area contributed by atoms with E-state index in [1.54, 1.807) is 13.0 Å². The van der Waals surface area contributed by atoms with E-state index in [0.717, 1.165) is 40.8 Å². The average Bonchev–Trinajstić information content (AvgIpc) is 2.99. The third-order valence-corrected chi connectivity index (χ3v) is 8.48. The third-order valence-electron chi connectivity index (χ3n) is 8.48. The minimum atomic E-state index is -0.985. The van der Waals surface area contributed by atoms with Gasteiger partial charge in [-0.05, 0) is 69.7 Å². The van der Waals surface area contributed by atoms with Crippen LogP contribution in [-0.4, -0.2) is 55.0 Å². The van der Waals surface area contributed by atoms with E-state index in [-0.39, 0.29) is 23.4 Å². The summed E-state index contributed by atoms with van der Waals surface area (Å²) in [5.41, 5.74) is 4.31. The number of fused-ring (bicyclic) bond motifs is 1. The third kappa shape index (κ3) is 6.08. The van der Waals surface area contributed by atoms with Gasteiger partial charge in [0.15, 0.2) is 0 Å². The number of nitrogens with zero attached hydrogens (tertiary/aromatic N) is 1. The van der Waals surface area contributed by atoms with Crippen LogP contribution >= 0.6 is 0 Å². The van der Waals surface area contributed by atoms with Gasteiger partial charge in [-0.2, -0.15) is 0 Å². The number of allylic oxidation sites excluding steroid dienone is 1. The molecule has 0 aromatic heterocycles. The van der Waals surface area contributed by atoms with Gasteiger partial charge in [0.05, 0.1) is 55.1 Å². The van der Waals surface area contributed by atoms with Gasteiger partial charge in [0.1, 0.15) is 17.1 Å². The first-order valence-corrected chi connectivity index (χ1v) is 14.0. The first kappa shape index (κ1) is 31.6. The summed E-state index contributed by atoms with van der Waals surface area (Å²) in [7, 11) is 2.46. The molecule has 2 unspecified atom stereocenters. The molecule has 0 radical (unpaired) electrons. The first-order valence-electron chi connectivity index (χ1n) is 14.0. The molecule has 0 fully saturated rings. The van der Waals surface area contributed by atoms with Crippen LogP contribution in [0.1, 0.15) is 60.4 Å². The number of nitrogens with one attached hydrogen (secondary N) is 1. The lowest BCUT2D eigenvalue weighted by Crippen LogP contribution is -2.38. The highest BCUT2D eigenvalue weighted by atomic mass is 16.6. The zero-order valence-electron chi connectivity index (χ0n) is 25.6. The molecule has 0 spiro atoms. The fourth-order valence-electron chi connectivity index (χ4n) is 5.83. The van der Waals surface area contributed by atoms with E-state index in [9.17, 15) is 24.8 Å². The molecule has 2 N–H and O–H groups in total. The van der Waals surface area contributed by atoms with Crippen LogP contribution in [0.2, 0.25) is 0 Å². The number of hydrogen-bond donors (Lipinski definition) is 2. The number of rotatable bonds is 9. The SMILES string of the molecule is COC(=O)C1=C(C)NC(COCCC2(C)CCc3c(C)c(O)c(C)c(C)c3O2)=C(C(=O)OC)C1c1cccc([N+](=O)[O-])c1. The number of methoxy groups -OCH3 is 2. The van der Waals surface area contributed by atoms with Crippen LogP contribution in [-0.2, 0) is 30.2 Å². The molecule has 11 heteroatoms. The molecule has 43 heavy (non-hydrogen) atoms. The maximum Gasteiger partial charge on any atom is 0.336 e. The second-order valence-electron chi connectivity index (χ2n) is 11.2. The topological polar surface area (TPSA) is 146 Å². The number of nitro benzene ring substituents is 1. The van der Waals surface area contributed by atoms with Gasteiger partial charge in [-0.25, -0.2) is 9.59 Å². The quantitative estimate of drug-likeness (QED) is 0.176. The van der Waals surface area contributed by atoms with E-state index in [1.807, 2.05) is 27.7 Å². The molecule has 0 amide bonds. The molecule has 0 aliphatic carbocycles. The van der Waals surface area contributed by atoms with E-state index in [2.05, 4.69) is 5.32 Å². The number of phenolic OH excluding ortho intramolecular Hbond substituents is 1. The van der Waals surface area contributed by atoms with Crippen molar-refractivity contribution in [2.24, 2.45) is 0 Å². The van der Waals surface area contributed by atoms with Crippen LogP contribution in [0.4, 0.5) is 5.69 Å². The fraction of sp³-hybridized carbons (Fsp3) is 0.438. The van der Waals surface area contributed by atoms with Crippen molar-refractivity contribution in [1.82, 2.24) is 5.32 Å². The Morgan fingerprint density at radius 2 is 1.77 bits per heavy atom. The molecule has 2 heterocycles. The summed E-state index contributed by atoms with van der Waals surface area (Å²) in [4.78, 5) is 37.1. The van der Waals surface area contributed by atoms with Gasteiger partial charge >= 0.3 is 11.9 Å². The second kappa shape index (κ2) is 12.5. The highest BCUT2D eigenvalue weighted by molar-refractivity contribution is 6.00. The fourth-order valence-corrected chi connectivity index (χ4v) is 5.83. The molecular weight excluding hydrogens is 556 g/mol. The van der Waals surface area contributed by atoms with E-state index >= 15 is 0 Å². The number of hydrogen-bond acceptors (Lipinski definition) is 10. The zero-order chi connectivity index (χ0) is 31.6. The van der Waals surface area contributed by atoms with Crippen molar-refractivity contribution in [3.63, 3.8) is 0 Å². The van der Waals surface area contributed by atoms with Crippen molar-refractivity contribution in [3.05, 3.63) is 84.7 Å². The number of dihydropyridines is 1. The van der Waals surface area contributed by atoms with Crippen molar-refractivity contribution in [3.8, 4) is 11.5 Å². The molecule has 2 aromatic rings. The summed E-state index contributed by atoms with van der Waals surface area (Å²) in [6, 6.07) is 5.78. The molecule has 2 aromatic carbocycles. The molecule has 2 aliphatic rings. The van der Waals surface area contributed by atoms with E-state index in [1.165, 1.54) is 32.4 Å². The first-order chi connectivity index (χ1) is 20.3. The largest absolute Gasteiger partial charge is 0.507 e. The van der Waals surface area contributed by atoms with Crippen LogP contribution < -0.4 is 10.1 Å². The molecule has 230 valence electrons. The zero-order valence-corrected chi connectivity index (χ0v) is 25.6. The summed E-state index contributed by atoms with van der Waals surface area (Å²) < 4.78 is 22.7. The Morgan fingerprint density at radius 3 is 2.42 bits per heavy atom. The summed E-state index contributed by atoms with van der Waals surface area (Å²) in [5, 5.41) is 25.1. The predicted molar refractivity (Wildman–Crippen MR) is 158 cm³/mol. The lowest BCUT2D eigenvalue weighted by Gasteiger charge is -2.38. The highest BCUT2D eigenvalue weighted by Crippen LogP contribution is 2.44. The Morgan fingerprint density at radius 1 is 1.09 bits per heavy atom. The van der Waals surface area contributed by atoms with E-state index in [4.69, 9.17) is 18.9 Å². The molecule has 0 saturated heterocycles. The summed E-state index contributed by atoms with van der Waals surface area (Å²) in [6.45, 7) is 9.71. The second-order valence-corrected chi connectivity index (χ2v) is 11.2. The van der Waals surface area contributed by atoms with Gasteiger partial charge in [-0.1, -0.05) is 12.1 Å². The van der Waals surface area contributed by atoms with Gasteiger partial charge in [-0.3, -0.25) is 10.1 Å². The van der Waals surface area contributed by atoms with Crippen molar-refractivity contribution in [1.29, 1.82) is 0 Å². The maximum absolute atomic E-state index is 13.2. The summed E-state index contributed by atoms with van der Waals surface area (Å²) in [6.07, 6.45) is 2.05. The van der Waals surface area contributed by atoms with Gasteiger partial charge in [0.25, 0.3) is 5.69 Å². The predicted octanol–water partition coefficient (Wildman–Crippen LogP) is 4.98.